The first-order valence-corrected chi connectivity index (χ1v) is 13.1. The van der Waals surface area contributed by atoms with Crippen LogP contribution in [0.15, 0.2) is 54.6 Å². The van der Waals surface area contributed by atoms with Gasteiger partial charge < -0.3 is 42.7 Å². The number of hydrogen-bond acceptors (Lipinski definition) is 8. The largest absolute Gasteiger partial charge is 0.508 e. The number of phenolic OH excluding ortho intramolecular Hbond substituents is 1. The summed E-state index contributed by atoms with van der Waals surface area (Å²) in [4.78, 5) is 73.4. The first kappa shape index (κ1) is 33.2. The van der Waals surface area contributed by atoms with E-state index in [-0.39, 0.29) is 37.9 Å². The molecule has 2 aromatic carbocycles. The zero-order chi connectivity index (χ0) is 31.2. The highest BCUT2D eigenvalue weighted by Crippen LogP contribution is 2.13. The van der Waals surface area contributed by atoms with Crippen LogP contribution in [0.4, 0.5) is 0 Å². The minimum atomic E-state index is -1.46. The van der Waals surface area contributed by atoms with E-state index in [2.05, 4.69) is 16.0 Å². The van der Waals surface area contributed by atoms with Gasteiger partial charge in [0.1, 0.15) is 23.9 Å². The lowest BCUT2D eigenvalue weighted by molar-refractivity contribution is -0.143. The van der Waals surface area contributed by atoms with Gasteiger partial charge in [0.25, 0.3) is 0 Å². The fraction of sp³-hybridized carbons (Fsp3) is 0.357. The third-order valence-corrected chi connectivity index (χ3v) is 6.22. The van der Waals surface area contributed by atoms with Crippen LogP contribution in [0.2, 0.25) is 0 Å². The number of carbonyl (C=O) groups is 6. The van der Waals surface area contributed by atoms with E-state index in [9.17, 15) is 44.1 Å². The van der Waals surface area contributed by atoms with Gasteiger partial charge >= 0.3 is 11.9 Å². The summed E-state index contributed by atoms with van der Waals surface area (Å²) in [6.07, 6.45) is -1.33. The molecule has 226 valence electrons. The molecule has 0 aromatic heterocycles. The predicted molar refractivity (Wildman–Crippen MR) is 149 cm³/mol. The van der Waals surface area contributed by atoms with Crippen LogP contribution in [0.5, 0.6) is 5.75 Å². The molecule has 4 unspecified atom stereocenters. The van der Waals surface area contributed by atoms with Gasteiger partial charge in [-0.05, 0) is 36.1 Å². The van der Waals surface area contributed by atoms with Crippen molar-refractivity contribution in [1.29, 1.82) is 0 Å². The third kappa shape index (κ3) is 11.6. The molecule has 4 atom stereocenters. The number of aromatic hydroxyl groups is 1. The van der Waals surface area contributed by atoms with Crippen molar-refractivity contribution in [3.8, 4) is 5.75 Å². The molecule has 0 fully saturated rings. The van der Waals surface area contributed by atoms with Crippen LogP contribution >= 0.6 is 0 Å². The molecular weight excluding hydrogens is 550 g/mol. The van der Waals surface area contributed by atoms with Crippen molar-refractivity contribution in [2.75, 3.05) is 0 Å². The Hall–Kier alpha value is -4.98. The van der Waals surface area contributed by atoms with Crippen molar-refractivity contribution < 1.29 is 44.1 Å². The number of rotatable bonds is 17. The van der Waals surface area contributed by atoms with E-state index < -0.39 is 66.2 Å². The second kappa shape index (κ2) is 16.3. The smallest absolute Gasteiger partial charge is 0.326 e. The van der Waals surface area contributed by atoms with E-state index >= 15 is 0 Å². The standard InChI is InChI=1S/C28H35N5O9/c29-19(10-12-23(30)35)25(38)32-21(14-17-6-8-18(34)9-7-17)27(40)31-20(11-13-24(36)37)26(39)33-22(28(41)42)15-16-4-2-1-3-5-16/h1-9,19-22,34H,10-15,29H2,(H2,30,35)(H,31,40)(H,32,38)(H,33,39)(H,36,37)(H,41,42). The zero-order valence-electron chi connectivity index (χ0n) is 22.7. The van der Waals surface area contributed by atoms with Crippen molar-refractivity contribution in [1.82, 2.24) is 16.0 Å². The molecule has 2 rings (SSSR count). The van der Waals surface area contributed by atoms with Crippen molar-refractivity contribution in [3.05, 3.63) is 65.7 Å². The van der Waals surface area contributed by atoms with E-state index in [1.807, 2.05) is 0 Å². The zero-order valence-corrected chi connectivity index (χ0v) is 22.7. The van der Waals surface area contributed by atoms with Crippen molar-refractivity contribution in [2.24, 2.45) is 11.5 Å². The number of amides is 4. The molecule has 0 spiro atoms. The lowest BCUT2D eigenvalue weighted by atomic mass is 10.0. The van der Waals surface area contributed by atoms with Gasteiger partial charge in [-0.2, -0.15) is 0 Å². The fourth-order valence-electron chi connectivity index (χ4n) is 3.92. The van der Waals surface area contributed by atoms with Crippen molar-refractivity contribution in [3.63, 3.8) is 0 Å². The molecule has 0 saturated heterocycles. The van der Waals surface area contributed by atoms with Crippen LogP contribution < -0.4 is 27.4 Å². The molecule has 0 bridgehead atoms. The number of aliphatic carboxylic acids is 2. The predicted octanol–water partition coefficient (Wildman–Crippen LogP) is -0.826. The topological polar surface area (TPSA) is 251 Å². The van der Waals surface area contributed by atoms with Gasteiger partial charge in [-0.3, -0.25) is 24.0 Å². The molecule has 0 aliphatic rings. The molecule has 0 aliphatic heterocycles. The number of phenols is 1. The van der Waals surface area contributed by atoms with E-state index in [0.717, 1.165) is 0 Å². The first-order chi connectivity index (χ1) is 19.8. The quantitative estimate of drug-likeness (QED) is 0.114. The lowest BCUT2D eigenvalue weighted by Crippen LogP contribution is -2.57. The molecule has 0 saturated carbocycles. The molecule has 2 aromatic rings. The fourth-order valence-corrected chi connectivity index (χ4v) is 3.92. The number of nitrogens with one attached hydrogen (secondary N) is 3. The SMILES string of the molecule is NC(=O)CCC(N)C(=O)NC(Cc1ccc(O)cc1)C(=O)NC(CCC(=O)O)C(=O)NC(Cc1ccccc1)C(=O)O. The maximum atomic E-state index is 13.4. The Morgan fingerprint density at radius 2 is 1.19 bits per heavy atom. The van der Waals surface area contributed by atoms with Crippen LogP contribution in [0.3, 0.4) is 0 Å². The maximum absolute atomic E-state index is 13.4. The number of hydrogen-bond donors (Lipinski definition) is 8. The Labute approximate surface area is 241 Å². The minimum absolute atomic E-state index is 0.0360. The highest BCUT2D eigenvalue weighted by atomic mass is 16.4. The Kier molecular flexibility index (Phi) is 12.9. The van der Waals surface area contributed by atoms with Crippen LogP contribution in [-0.4, -0.2) is 75.1 Å². The average molecular weight is 586 g/mol. The van der Waals surface area contributed by atoms with Gasteiger partial charge in [-0.25, -0.2) is 4.79 Å². The van der Waals surface area contributed by atoms with Crippen molar-refractivity contribution >= 4 is 35.6 Å². The van der Waals surface area contributed by atoms with Crippen LogP contribution in [0, 0.1) is 0 Å². The molecule has 0 aliphatic carbocycles. The Bertz CT molecular complexity index is 1250. The summed E-state index contributed by atoms with van der Waals surface area (Å²) in [6.45, 7) is 0. The van der Waals surface area contributed by atoms with Crippen LogP contribution in [-0.2, 0) is 41.6 Å². The third-order valence-electron chi connectivity index (χ3n) is 6.22. The van der Waals surface area contributed by atoms with E-state index in [4.69, 9.17) is 11.5 Å². The van der Waals surface area contributed by atoms with E-state index in [1.54, 1.807) is 30.3 Å². The van der Waals surface area contributed by atoms with E-state index in [1.165, 1.54) is 24.3 Å². The van der Waals surface area contributed by atoms with Gasteiger partial charge in [0, 0.05) is 25.7 Å². The highest BCUT2D eigenvalue weighted by molar-refractivity contribution is 5.94. The van der Waals surface area contributed by atoms with E-state index in [0.29, 0.717) is 11.1 Å². The van der Waals surface area contributed by atoms with Crippen molar-refractivity contribution in [2.45, 2.75) is 62.7 Å². The summed E-state index contributed by atoms with van der Waals surface area (Å²) in [6, 6.07) is 8.90. The molecule has 42 heavy (non-hydrogen) atoms. The lowest BCUT2D eigenvalue weighted by Gasteiger charge is -2.25. The molecule has 10 N–H and O–H groups in total. The Balaban J connectivity index is 2.25. The number of nitrogens with two attached hydrogens (primary N) is 2. The van der Waals surface area contributed by atoms with Gasteiger partial charge in [0.15, 0.2) is 0 Å². The second-order valence-electron chi connectivity index (χ2n) is 9.63. The summed E-state index contributed by atoms with van der Waals surface area (Å²) < 4.78 is 0. The molecule has 14 nitrogen and oxygen atoms in total. The first-order valence-electron chi connectivity index (χ1n) is 13.1. The summed E-state index contributed by atoms with van der Waals surface area (Å²) in [5.74, 6) is -5.88. The highest BCUT2D eigenvalue weighted by Gasteiger charge is 2.31. The Morgan fingerprint density at radius 3 is 1.76 bits per heavy atom. The molecule has 14 heteroatoms. The monoisotopic (exact) mass is 585 g/mol. The normalized spacial score (nSPS) is 13.5. The number of carbonyl (C=O) groups excluding carboxylic acids is 4. The summed E-state index contributed by atoms with van der Waals surface area (Å²) in [5, 5.41) is 35.7. The number of carboxylic acid groups (broad SMARTS) is 2. The number of carboxylic acids is 2. The van der Waals surface area contributed by atoms with Crippen LogP contribution in [0.1, 0.15) is 36.8 Å². The van der Waals surface area contributed by atoms with Gasteiger partial charge in [-0.1, -0.05) is 42.5 Å². The molecule has 4 amide bonds. The summed E-state index contributed by atoms with van der Waals surface area (Å²) >= 11 is 0. The summed E-state index contributed by atoms with van der Waals surface area (Å²) in [5.41, 5.74) is 12.1. The minimum Gasteiger partial charge on any atom is -0.508 e. The van der Waals surface area contributed by atoms with Gasteiger partial charge in [0.05, 0.1) is 6.04 Å². The van der Waals surface area contributed by atoms with Crippen LogP contribution in [0.25, 0.3) is 0 Å². The maximum Gasteiger partial charge on any atom is 0.326 e. The van der Waals surface area contributed by atoms with Gasteiger partial charge in [-0.15, -0.1) is 0 Å². The second-order valence-corrected chi connectivity index (χ2v) is 9.63. The average Bonchev–Trinajstić information content (AvgIpc) is 2.94. The Morgan fingerprint density at radius 1 is 0.667 bits per heavy atom. The number of benzene rings is 2. The number of primary amides is 1. The molecular formula is C28H35N5O9. The molecule has 0 heterocycles. The molecule has 0 radical (unpaired) electrons. The van der Waals surface area contributed by atoms with Gasteiger partial charge in [0.2, 0.25) is 23.6 Å². The summed E-state index contributed by atoms with van der Waals surface area (Å²) in [7, 11) is 0.